The highest BCUT2D eigenvalue weighted by Crippen LogP contribution is 2.36. The molecule has 6 heteroatoms. The summed E-state index contributed by atoms with van der Waals surface area (Å²) < 4.78 is 14.1. The quantitative estimate of drug-likeness (QED) is 0.630. The third kappa shape index (κ3) is 3.69. The lowest BCUT2D eigenvalue weighted by atomic mass is 10.1. The van der Waals surface area contributed by atoms with Gasteiger partial charge in [-0.15, -0.1) is 0 Å². The van der Waals surface area contributed by atoms with E-state index in [1.54, 1.807) is 11.0 Å². The topological polar surface area (TPSA) is 32.7 Å². The molecule has 0 radical (unpaired) electrons. The van der Waals surface area contributed by atoms with E-state index in [1.165, 1.54) is 30.0 Å². The molecule has 134 valence electrons. The zero-order valence-electron chi connectivity index (χ0n) is 14.7. The first-order valence-electron chi connectivity index (χ1n) is 8.22. The number of carbonyl (C=O) groups is 1. The minimum atomic E-state index is -0.457. The number of rotatable bonds is 3. The van der Waals surface area contributed by atoms with Gasteiger partial charge in [0.1, 0.15) is 5.82 Å². The molecule has 0 saturated carbocycles. The normalized spacial score (nSPS) is 17.6. The molecule has 0 atom stereocenters. The molecule has 1 aliphatic heterocycles. The third-order valence-electron chi connectivity index (χ3n) is 4.06. The van der Waals surface area contributed by atoms with Gasteiger partial charge in [-0.05, 0) is 67.9 Å². The summed E-state index contributed by atoms with van der Waals surface area (Å²) in [6.07, 6.45) is 1.50. The minimum Gasteiger partial charge on any atom is -0.287 e. The van der Waals surface area contributed by atoms with Crippen LogP contribution in [0.15, 0.2) is 46.3 Å². The molecule has 2 aromatic carbocycles. The first-order valence-corrected chi connectivity index (χ1v) is 9.41. The number of amides is 1. The zero-order chi connectivity index (χ0) is 18.8. The van der Waals surface area contributed by atoms with Crippen LogP contribution in [0.2, 0.25) is 5.02 Å². The fourth-order valence-electron chi connectivity index (χ4n) is 2.59. The van der Waals surface area contributed by atoms with Gasteiger partial charge in [-0.1, -0.05) is 29.8 Å². The summed E-state index contributed by atoms with van der Waals surface area (Å²) in [5, 5.41) is 0.860. The van der Waals surface area contributed by atoms with Crippen molar-refractivity contribution in [1.29, 1.82) is 0 Å². The van der Waals surface area contributed by atoms with Gasteiger partial charge in [-0.25, -0.2) is 9.38 Å². The summed E-state index contributed by atoms with van der Waals surface area (Å²) in [4.78, 5) is 19.4. The molecule has 0 spiro atoms. The van der Waals surface area contributed by atoms with Crippen molar-refractivity contribution < 1.29 is 9.18 Å². The molecule has 1 aliphatic rings. The van der Waals surface area contributed by atoms with Gasteiger partial charge in [0.25, 0.3) is 5.91 Å². The molecule has 3 nitrogen and oxygen atoms in total. The second-order valence-electron chi connectivity index (χ2n) is 5.98. The molecule has 0 aliphatic carbocycles. The second-order valence-corrected chi connectivity index (χ2v) is 7.40. The van der Waals surface area contributed by atoms with Gasteiger partial charge in [-0.2, -0.15) is 0 Å². The van der Waals surface area contributed by atoms with Crippen LogP contribution in [0, 0.1) is 19.7 Å². The van der Waals surface area contributed by atoms with Crippen molar-refractivity contribution in [3.05, 3.63) is 68.8 Å². The third-order valence-corrected chi connectivity index (χ3v) is 5.40. The Labute approximate surface area is 161 Å². The van der Waals surface area contributed by atoms with E-state index in [2.05, 4.69) is 4.99 Å². The molecule has 1 amide bonds. The van der Waals surface area contributed by atoms with E-state index in [4.69, 9.17) is 11.6 Å². The van der Waals surface area contributed by atoms with Crippen LogP contribution in [0.5, 0.6) is 0 Å². The number of carbonyl (C=O) groups excluding carboxylic acids is 1. The summed E-state index contributed by atoms with van der Waals surface area (Å²) in [7, 11) is 0. The fraction of sp³-hybridized carbons (Fsp3) is 0.200. The van der Waals surface area contributed by atoms with E-state index in [0.717, 1.165) is 16.8 Å². The summed E-state index contributed by atoms with van der Waals surface area (Å²) >= 11 is 7.32. The number of hydrogen-bond donors (Lipinski definition) is 0. The number of halogens is 2. The number of likely N-dealkylation sites (N-methyl/N-ethyl adjacent to an activating group) is 1. The van der Waals surface area contributed by atoms with Crippen molar-refractivity contribution in [3.63, 3.8) is 0 Å². The standard InChI is InChI=1S/C20H18ClFN2OS/c1-4-24-19(25)18(11-14-15(21)6-5-7-16(14)22)26-20(24)23-17-10-12(2)8-9-13(17)3/h5-11H,4H2,1-3H3/b18-11+,23-20?. The molecule has 1 heterocycles. The Hall–Kier alpha value is -2.11. The molecule has 2 aromatic rings. The average molecular weight is 389 g/mol. The van der Waals surface area contributed by atoms with Gasteiger partial charge in [0.15, 0.2) is 5.17 Å². The number of thioether (sulfide) groups is 1. The van der Waals surface area contributed by atoms with Crippen molar-refractivity contribution in [1.82, 2.24) is 4.90 Å². The lowest BCUT2D eigenvalue weighted by molar-refractivity contribution is -0.122. The van der Waals surface area contributed by atoms with E-state index >= 15 is 0 Å². The maximum Gasteiger partial charge on any atom is 0.266 e. The smallest absolute Gasteiger partial charge is 0.266 e. The molecular weight excluding hydrogens is 371 g/mol. The predicted molar refractivity (Wildman–Crippen MR) is 107 cm³/mol. The van der Waals surface area contributed by atoms with Crippen LogP contribution in [0.1, 0.15) is 23.6 Å². The van der Waals surface area contributed by atoms with Crippen molar-refractivity contribution in [2.75, 3.05) is 6.54 Å². The highest BCUT2D eigenvalue weighted by Gasteiger charge is 2.32. The average Bonchev–Trinajstić information content (AvgIpc) is 2.89. The fourth-order valence-corrected chi connectivity index (χ4v) is 3.85. The molecule has 0 aromatic heterocycles. The van der Waals surface area contributed by atoms with E-state index in [-0.39, 0.29) is 16.5 Å². The molecule has 1 fully saturated rings. The minimum absolute atomic E-state index is 0.194. The van der Waals surface area contributed by atoms with Crippen LogP contribution < -0.4 is 0 Å². The maximum atomic E-state index is 14.1. The lowest BCUT2D eigenvalue weighted by Gasteiger charge is -2.12. The highest BCUT2D eigenvalue weighted by molar-refractivity contribution is 8.18. The Bertz CT molecular complexity index is 919. The molecule has 0 bridgehead atoms. The second kappa shape index (κ2) is 7.64. The van der Waals surface area contributed by atoms with E-state index < -0.39 is 5.82 Å². The van der Waals surface area contributed by atoms with Crippen LogP contribution in [-0.4, -0.2) is 22.5 Å². The predicted octanol–water partition coefficient (Wildman–Crippen LogP) is 5.72. The van der Waals surface area contributed by atoms with Gasteiger partial charge in [0.2, 0.25) is 0 Å². The summed E-state index contributed by atoms with van der Waals surface area (Å²) in [5.74, 6) is -0.651. The Morgan fingerprint density at radius 2 is 2.04 bits per heavy atom. The summed E-state index contributed by atoms with van der Waals surface area (Å²) in [6, 6.07) is 10.5. The van der Waals surface area contributed by atoms with Crippen molar-refractivity contribution >= 4 is 46.2 Å². The van der Waals surface area contributed by atoms with E-state index in [9.17, 15) is 9.18 Å². The van der Waals surface area contributed by atoms with Crippen LogP contribution in [0.4, 0.5) is 10.1 Å². The Kier molecular flexibility index (Phi) is 5.49. The number of aliphatic imine (C=N–C) groups is 1. The molecule has 0 N–H and O–H groups in total. The zero-order valence-corrected chi connectivity index (χ0v) is 16.3. The maximum absolute atomic E-state index is 14.1. The lowest BCUT2D eigenvalue weighted by Crippen LogP contribution is -2.28. The molecular formula is C20H18ClFN2OS. The van der Waals surface area contributed by atoms with Gasteiger partial charge in [0.05, 0.1) is 15.6 Å². The molecule has 26 heavy (non-hydrogen) atoms. The SMILES string of the molecule is CCN1C(=O)/C(=C\c2c(F)cccc2Cl)SC1=Nc1cc(C)ccc1C. The Morgan fingerprint density at radius 1 is 1.27 bits per heavy atom. The molecule has 1 saturated heterocycles. The first-order chi connectivity index (χ1) is 12.4. The van der Waals surface area contributed by atoms with Crippen LogP contribution >= 0.6 is 23.4 Å². The first kappa shape index (κ1) is 18.7. The van der Waals surface area contributed by atoms with E-state index in [1.807, 2.05) is 39.0 Å². The number of amidine groups is 1. The number of nitrogens with zero attached hydrogens (tertiary/aromatic N) is 2. The van der Waals surface area contributed by atoms with Gasteiger partial charge < -0.3 is 0 Å². The molecule has 3 rings (SSSR count). The van der Waals surface area contributed by atoms with Crippen molar-refractivity contribution in [2.45, 2.75) is 20.8 Å². The van der Waals surface area contributed by atoms with Gasteiger partial charge >= 0.3 is 0 Å². The number of benzene rings is 2. The van der Waals surface area contributed by atoms with Crippen LogP contribution in [-0.2, 0) is 4.79 Å². The largest absolute Gasteiger partial charge is 0.287 e. The Balaban J connectivity index is 2.02. The van der Waals surface area contributed by atoms with Crippen LogP contribution in [0.25, 0.3) is 6.08 Å². The Morgan fingerprint density at radius 3 is 2.73 bits per heavy atom. The van der Waals surface area contributed by atoms with Crippen LogP contribution in [0.3, 0.4) is 0 Å². The van der Waals surface area contributed by atoms with Crippen molar-refractivity contribution in [2.24, 2.45) is 4.99 Å². The van der Waals surface area contributed by atoms with Gasteiger partial charge in [-0.3, -0.25) is 9.69 Å². The highest BCUT2D eigenvalue weighted by atomic mass is 35.5. The van der Waals surface area contributed by atoms with E-state index in [0.29, 0.717) is 16.6 Å². The monoisotopic (exact) mass is 388 g/mol. The van der Waals surface area contributed by atoms with Gasteiger partial charge in [0, 0.05) is 12.1 Å². The summed E-state index contributed by atoms with van der Waals surface area (Å²) in [5.41, 5.74) is 3.17. The number of aryl methyl sites for hydroxylation is 2. The molecule has 0 unspecified atom stereocenters. The summed E-state index contributed by atoms with van der Waals surface area (Å²) in [6.45, 7) is 6.35. The number of hydrogen-bond acceptors (Lipinski definition) is 3. The van der Waals surface area contributed by atoms with Crippen molar-refractivity contribution in [3.8, 4) is 0 Å².